The highest BCUT2D eigenvalue weighted by molar-refractivity contribution is 6.07. The summed E-state index contributed by atoms with van der Waals surface area (Å²) in [6.07, 6.45) is 4.93. The fourth-order valence-electron chi connectivity index (χ4n) is 4.75. The van der Waals surface area contributed by atoms with Gasteiger partial charge < -0.3 is 34.6 Å². The van der Waals surface area contributed by atoms with Gasteiger partial charge in [-0.15, -0.1) is 0 Å². The minimum atomic E-state index is -0.512. The van der Waals surface area contributed by atoms with Crippen molar-refractivity contribution in [1.82, 2.24) is 15.3 Å². The minimum absolute atomic E-state index is 0.00449. The molecule has 2 aromatic heterocycles. The molecule has 10 heteroatoms. The molecule has 2 atom stereocenters. The van der Waals surface area contributed by atoms with E-state index in [1.807, 2.05) is 13.0 Å². The SMILES string of the molecule is COCC[C@@H]1CNC(=O)c2c1[nH]c(-c1ccncc1OC[C@]1(C)CCO1)c2Nc1cccc(F)c1OC. The van der Waals surface area contributed by atoms with E-state index < -0.39 is 5.82 Å². The molecule has 1 saturated heterocycles. The van der Waals surface area contributed by atoms with Crippen molar-refractivity contribution < 1.29 is 28.1 Å². The zero-order chi connectivity index (χ0) is 26.0. The lowest BCUT2D eigenvalue weighted by Crippen LogP contribution is -2.45. The smallest absolute Gasteiger partial charge is 0.255 e. The Morgan fingerprint density at radius 1 is 1.30 bits per heavy atom. The summed E-state index contributed by atoms with van der Waals surface area (Å²) in [7, 11) is 3.06. The number of ether oxygens (including phenoxy) is 4. The van der Waals surface area contributed by atoms with Gasteiger partial charge in [-0.3, -0.25) is 9.78 Å². The zero-order valence-corrected chi connectivity index (χ0v) is 21.2. The number of methoxy groups -OCH3 is 2. The molecule has 5 rings (SSSR count). The molecule has 2 aliphatic heterocycles. The number of H-pyrrole nitrogens is 1. The number of carbonyl (C=O) groups is 1. The van der Waals surface area contributed by atoms with Gasteiger partial charge in [0.15, 0.2) is 11.6 Å². The molecule has 4 heterocycles. The fourth-order valence-corrected chi connectivity index (χ4v) is 4.75. The van der Waals surface area contributed by atoms with Crippen LogP contribution in [0.3, 0.4) is 0 Å². The predicted molar refractivity (Wildman–Crippen MR) is 136 cm³/mol. The maximum atomic E-state index is 14.5. The molecule has 0 spiro atoms. The Kier molecular flexibility index (Phi) is 7.03. The van der Waals surface area contributed by atoms with Crippen LogP contribution in [-0.4, -0.2) is 62.1 Å². The average molecular weight is 511 g/mol. The highest BCUT2D eigenvalue weighted by Crippen LogP contribution is 2.44. The van der Waals surface area contributed by atoms with Crippen LogP contribution in [0.5, 0.6) is 11.5 Å². The Morgan fingerprint density at radius 3 is 2.86 bits per heavy atom. The molecular weight excluding hydrogens is 479 g/mol. The highest BCUT2D eigenvalue weighted by atomic mass is 19.1. The molecule has 0 unspecified atom stereocenters. The van der Waals surface area contributed by atoms with Crippen LogP contribution in [0.4, 0.5) is 15.8 Å². The van der Waals surface area contributed by atoms with Crippen molar-refractivity contribution in [2.75, 3.05) is 45.9 Å². The van der Waals surface area contributed by atoms with E-state index >= 15 is 0 Å². The summed E-state index contributed by atoms with van der Waals surface area (Å²) in [4.78, 5) is 21.0. The Labute approximate surface area is 214 Å². The van der Waals surface area contributed by atoms with Gasteiger partial charge in [-0.2, -0.15) is 0 Å². The molecule has 0 radical (unpaired) electrons. The Morgan fingerprint density at radius 2 is 2.14 bits per heavy atom. The molecule has 2 aliphatic rings. The number of halogens is 1. The van der Waals surface area contributed by atoms with E-state index in [0.717, 1.165) is 12.1 Å². The molecule has 9 nitrogen and oxygen atoms in total. The van der Waals surface area contributed by atoms with Gasteiger partial charge in [-0.25, -0.2) is 4.39 Å². The van der Waals surface area contributed by atoms with Crippen LogP contribution in [0.15, 0.2) is 36.7 Å². The summed E-state index contributed by atoms with van der Waals surface area (Å²) in [5.41, 5.74) is 3.14. The van der Waals surface area contributed by atoms with Crippen LogP contribution in [0, 0.1) is 5.82 Å². The number of aromatic amines is 1. The van der Waals surface area contributed by atoms with E-state index in [9.17, 15) is 9.18 Å². The van der Waals surface area contributed by atoms with Gasteiger partial charge in [0.2, 0.25) is 0 Å². The zero-order valence-electron chi connectivity index (χ0n) is 21.2. The number of anilines is 2. The van der Waals surface area contributed by atoms with Crippen molar-refractivity contribution in [2.24, 2.45) is 0 Å². The Bertz CT molecular complexity index is 1290. The number of benzene rings is 1. The number of hydrogen-bond acceptors (Lipinski definition) is 7. The lowest BCUT2D eigenvalue weighted by molar-refractivity contribution is -0.152. The predicted octanol–water partition coefficient (Wildman–Crippen LogP) is 4.39. The normalized spacial score (nSPS) is 20.5. The fraction of sp³-hybridized carbons (Fsp3) is 0.407. The van der Waals surface area contributed by atoms with Crippen LogP contribution in [0.2, 0.25) is 0 Å². The number of fused-ring (bicyclic) bond motifs is 1. The van der Waals surface area contributed by atoms with E-state index in [0.29, 0.717) is 66.7 Å². The number of pyridine rings is 1. The summed E-state index contributed by atoms with van der Waals surface area (Å²) in [6.45, 7) is 4.10. The molecule has 37 heavy (non-hydrogen) atoms. The summed E-state index contributed by atoms with van der Waals surface area (Å²) >= 11 is 0. The van der Waals surface area contributed by atoms with Crippen LogP contribution in [-0.2, 0) is 9.47 Å². The van der Waals surface area contributed by atoms with Crippen LogP contribution < -0.4 is 20.1 Å². The van der Waals surface area contributed by atoms with Gasteiger partial charge in [0.05, 0.1) is 42.5 Å². The highest BCUT2D eigenvalue weighted by Gasteiger charge is 2.36. The summed E-state index contributed by atoms with van der Waals surface area (Å²) in [5, 5.41) is 6.26. The lowest BCUT2D eigenvalue weighted by atomic mass is 9.93. The van der Waals surface area contributed by atoms with Crippen LogP contribution >= 0.6 is 0 Å². The topological polar surface area (TPSA) is 107 Å². The summed E-state index contributed by atoms with van der Waals surface area (Å²) in [6, 6.07) is 6.43. The molecule has 0 bridgehead atoms. The van der Waals surface area contributed by atoms with Gasteiger partial charge >= 0.3 is 0 Å². The van der Waals surface area contributed by atoms with E-state index in [1.54, 1.807) is 31.6 Å². The molecule has 1 amide bonds. The molecule has 1 aromatic carbocycles. The molecule has 196 valence electrons. The van der Waals surface area contributed by atoms with Gasteiger partial charge in [0, 0.05) is 50.1 Å². The number of rotatable bonds is 10. The number of carbonyl (C=O) groups excluding carboxylic acids is 1. The third kappa shape index (κ3) is 4.86. The summed E-state index contributed by atoms with van der Waals surface area (Å²) < 4.78 is 37.0. The maximum Gasteiger partial charge on any atom is 0.255 e. The minimum Gasteiger partial charge on any atom is -0.492 e. The quantitative estimate of drug-likeness (QED) is 0.371. The van der Waals surface area contributed by atoms with Gasteiger partial charge in [0.25, 0.3) is 5.91 Å². The van der Waals surface area contributed by atoms with Crippen LogP contribution in [0.1, 0.15) is 41.7 Å². The first-order valence-electron chi connectivity index (χ1n) is 12.3. The van der Waals surface area contributed by atoms with Crippen molar-refractivity contribution in [3.63, 3.8) is 0 Å². The van der Waals surface area contributed by atoms with E-state index in [4.69, 9.17) is 18.9 Å². The van der Waals surface area contributed by atoms with Crippen molar-refractivity contribution in [1.29, 1.82) is 0 Å². The van der Waals surface area contributed by atoms with Crippen molar-refractivity contribution in [3.8, 4) is 22.8 Å². The largest absolute Gasteiger partial charge is 0.492 e. The Hall–Kier alpha value is -3.63. The maximum absolute atomic E-state index is 14.5. The molecule has 3 N–H and O–H groups in total. The number of para-hydroxylation sites is 1. The molecular formula is C27H31FN4O5. The van der Waals surface area contributed by atoms with Crippen LogP contribution in [0.25, 0.3) is 11.3 Å². The first-order chi connectivity index (χ1) is 17.9. The Balaban J connectivity index is 1.62. The van der Waals surface area contributed by atoms with E-state index in [-0.39, 0.29) is 23.2 Å². The second-order valence-corrected chi connectivity index (χ2v) is 9.51. The molecule has 0 aliphatic carbocycles. The van der Waals surface area contributed by atoms with Gasteiger partial charge in [-0.05, 0) is 31.5 Å². The number of nitrogens with zero attached hydrogens (tertiary/aromatic N) is 1. The average Bonchev–Trinajstić information content (AvgIpc) is 3.26. The van der Waals surface area contributed by atoms with Gasteiger partial charge in [0.1, 0.15) is 18.0 Å². The molecule has 3 aromatic rings. The van der Waals surface area contributed by atoms with Crippen molar-refractivity contribution in [3.05, 3.63) is 53.7 Å². The number of aromatic nitrogens is 2. The number of hydrogen-bond donors (Lipinski definition) is 3. The summed E-state index contributed by atoms with van der Waals surface area (Å²) in [5.74, 6) is -0.138. The van der Waals surface area contributed by atoms with Gasteiger partial charge in [-0.1, -0.05) is 6.07 Å². The first-order valence-corrected chi connectivity index (χ1v) is 12.3. The third-order valence-electron chi connectivity index (χ3n) is 6.94. The first kappa shape index (κ1) is 25.0. The number of amides is 1. The lowest BCUT2D eigenvalue weighted by Gasteiger charge is -2.38. The van der Waals surface area contributed by atoms with Crippen molar-refractivity contribution >= 4 is 17.3 Å². The monoisotopic (exact) mass is 510 g/mol. The third-order valence-corrected chi connectivity index (χ3v) is 6.94. The molecule has 0 saturated carbocycles. The van der Waals surface area contributed by atoms with E-state index in [1.165, 1.54) is 13.2 Å². The second-order valence-electron chi connectivity index (χ2n) is 9.51. The van der Waals surface area contributed by atoms with E-state index in [2.05, 4.69) is 20.6 Å². The van der Waals surface area contributed by atoms with Crippen molar-refractivity contribution in [2.45, 2.75) is 31.3 Å². The molecule has 1 fully saturated rings. The second kappa shape index (κ2) is 10.4. The number of nitrogens with one attached hydrogen (secondary N) is 3. The standard InChI is InChI=1S/C27H31FN4O5/c1-27(9-12-37-27)15-36-20-14-29-10-7-17(20)23-24(31-19-6-4-5-18(28)25(19)35-3)21-22(32-23)16(8-11-34-2)13-30-26(21)33/h4-7,10,14,16,31-32H,8-9,11-13,15H2,1-3H3,(H,30,33)/t16-,27+/m1/s1.